The zero-order chi connectivity index (χ0) is 11.7. The first-order valence-corrected chi connectivity index (χ1v) is 6.53. The maximum atomic E-state index is 9.16. The van der Waals surface area contributed by atoms with Crippen molar-refractivity contribution in [1.29, 1.82) is 5.26 Å². The van der Waals surface area contributed by atoms with Gasteiger partial charge < -0.3 is 5.32 Å². The van der Waals surface area contributed by atoms with Gasteiger partial charge in [-0.1, -0.05) is 6.42 Å². The van der Waals surface area contributed by atoms with E-state index in [4.69, 9.17) is 5.26 Å². The predicted octanol–water partition coefficient (Wildman–Crippen LogP) is 2.65. The standard InChI is InChI=1S/C14H17N3/c15-8-12-7-11-5-2-6-13(11)17-14(12)16-9-10-3-1-4-10/h7,10H,1-6,9H2,(H,16,17). The molecule has 2 aliphatic carbocycles. The van der Waals surface area contributed by atoms with Crippen molar-refractivity contribution in [1.82, 2.24) is 4.98 Å². The van der Waals surface area contributed by atoms with E-state index in [2.05, 4.69) is 16.4 Å². The first-order valence-electron chi connectivity index (χ1n) is 6.53. The molecule has 1 heterocycles. The van der Waals surface area contributed by atoms with Gasteiger partial charge in [0.05, 0.1) is 5.56 Å². The minimum absolute atomic E-state index is 0.713. The van der Waals surface area contributed by atoms with Crippen molar-refractivity contribution in [3.8, 4) is 6.07 Å². The fraction of sp³-hybridized carbons (Fsp3) is 0.571. The van der Waals surface area contributed by atoms with Gasteiger partial charge in [-0.2, -0.15) is 5.26 Å². The number of nitrogens with one attached hydrogen (secondary N) is 1. The number of aromatic nitrogens is 1. The van der Waals surface area contributed by atoms with Gasteiger partial charge in [0.15, 0.2) is 0 Å². The molecule has 0 spiro atoms. The van der Waals surface area contributed by atoms with Crippen LogP contribution in [0.25, 0.3) is 0 Å². The second-order valence-electron chi connectivity index (χ2n) is 5.13. The Morgan fingerprint density at radius 3 is 2.94 bits per heavy atom. The second kappa shape index (κ2) is 4.37. The molecule has 3 nitrogen and oxygen atoms in total. The molecule has 0 atom stereocenters. The molecule has 1 fully saturated rings. The Labute approximate surface area is 102 Å². The third-order valence-electron chi connectivity index (χ3n) is 3.95. The summed E-state index contributed by atoms with van der Waals surface area (Å²) >= 11 is 0. The third-order valence-corrected chi connectivity index (χ3v) is 3.95. The maximum Gasteiger partial charge on any atom is 0.144 e. The number of anilines is 1. The van der Waals surface area contributed by atoms with Gasteiger partial charge in [0, 0.05) is 12.2 Å². The molecule has 88 valence electrons. The van der Waals surface area contributed by atoms with E-state index in [-0.39, 0.29) is 0 Å². The van der Waals surface area contributed by atoms with E-state index in [1.54, 1.807) is 0 Å². The highest BCUT2D eigenvalue weighted by molar-refractivity contribution is 5.55. The van der Waals surface area contributed by atoms with Crippen molar-refractivity contribution in [3.63, 3.8) is 0 Å². The van der Waals surface area contributed by atoms with Crippen LogP contribution in [0.2, 0.25) is 0 Å². The first kappa shape index (κ1) is 10.6. The summed E-state index contributed by atoms with van der Waals surface area (Å²) in [5.41, 5.74) is 3.18. The summed E-state index contributed by atoms with van der Waals surface area (Å²) in [6.07, 6.45) is 7.33. The van der Waals surface area contributed by atoms with Crippen molar-refractivity contribution in [2.75, 3.05) is 11.9 Å². The largest absolute Gasteiger partial charge is 0.369 e. The molecule has 0 aromatic carbocycles. The number of rotatable bonds is 3. The summed E-state index contributed by atoms with van der Waals surface area (Å²) in [4.78, 5) is 4.62. The lowest BCUT2D eigenvalue weighted by Crippen LogP contribution is -2.21. The van der Waals surface area contributed by atoms with Crippen LogP contribution in [0.5, 0.6) is 0 Å². The minimum Gasteiger partial charge on any atom is -0.369 e. The molecule has 17 heavy (non-hydrogen) atoms. The predicted molar refractivity (Wildman–Crippen MR) is 66.8 cm³/mol. The smallest absolute Gasteiger partial charge is 0.144 e. The van der Waals surface area contributed by atoms with Crippen LogP contribution in [0.3, 0.4) is 0 Å². The summed E-state index contributed by atoms with van der Waals surface area (Å²) in [5, 5.41) is 12.5. The summed E-state index contributed by atoms with van der Waals surface area (Å²) in [6.45, 7) is 0.973. The number of pyridine rings is 1. The molecule has 0 amide bonds. The SMILES string of the molecule is N#Cc1cc2c(nc1NCC1CCC1)CCC2. The van der Waals surface area contributed by atoms with Gasteiger partial charge in [-0.15, -0.1) is 0 Å². The number of nitriles is 1. The number of aryl methyl sites for hydroxylation is 2. The number of hydrogen-bond donors (Lipinski definition) is 1. The Balaban J connectivity index is 1.79. The van der Waals surface area contributed by atoms with Gasteiger partial charge in [-0.25, -0.2) is 4.98 Å². The van der Waals surface area contributed by atoms with Gasteiger partial charge in [-0.3, -0.25) is 0 Å². The molecule has 1 saturated carbocycles. The van der Waals surface area contributed by atoms with Crippen molar-refractivity contribution < 1.29 is 0 Å². The Kier molecular flexibility index (Phi) is 2.72. The average Bonchev–Trinajstić information content (AvgIpc) is 2.72. The van der Waals surface area contributed by atoms with Crippen molar-refractivity contribution in [2.45, 2.75) is 38.5 Å². The molecule has 0 unspecified atom stereocenters. The molecule has 0 radical (unpaired) electrons. The molecule has 1 N–H and O–H groups in total. The minimum atomic E-state index is 0.713. The average molecular weight is 227 g/mol. The zero-order valence-corrected chi connectivity index (χ0v) is 10.00. The molecule has 1 aromatic heterocycles. The maximum absolute atomic E-state index is 9.16. The van der Waals surface area contributed by atoms with Gasteiger partial charge in [0.1, 0.15) is 11.9 Å². The van der Waals surface area contributed by atoms with E-state index in [1.165, 1.54) is 36.9 Å². The molecule has 3 heteroatoms. The molecular weight excluding hydrogens is 210 g/mol. The van der Waals surface area contributed by atoms with Crippen LogP contribution in [-0.2, 0) is 12.8 Å². The van der Waals surface area contributed by atoms with Gasteiger partial charge >= 0.3 is 0 Å². The fourth-order valence-corrected chi connectivity index (χ4v) is 2.63. The van der Waals surface area contributed by atoms with E-state index in [9.17, 15) is 0 Å². The summed E-state index contributed by atoms with van der Waals surface area (Å²) < 4.78 is 0. The molecule has 2 aliphatic rings. The lowest BCUT2D eigenvalue weighted by Gasteiger charge is -2.25. The van der Waals surface area contributed by atoms with E-state index in [0.717, 1.165) is 31.1 Å². The molecular formula is C14H17N3. The Bertz CT molecular complexity index is 469. The summed E-state index contributed by atoms with van der Waals surface area (Å²) in [6, 6.07) is 4.29. The monoisotopic (exact) mass is 227 g/mol. The lowest BCUT2D eigenvalue weighted by molar-refractivity contribution is 0.333. The third kappa shape index (κ3) is 2.00. The first-order chi connectivity index (χ1) is 8.36. The summed E-state index contributed by atoms with van der Waals surface area (Å²) in [7, 11) is 0. The van der Waals surface area contributed by atoms with Gasteiger partial charge in [0.2, 0.25) is 0 Å². The molecule has 0 saturated heterocycles. The van der Waals surface area contributed by atoms with Crippen LogP contribution in [0, 0.1) is 17.2 Å². The van der Waals surface area contributed by atoms with Gasteiger partial charge in [-0.05, 0) is 49.7 Å². The highest BCUT2D eigenvalue weighted by atomic mass is 15.0. The summed E-state index contributed by atoms with van der Waals surface area (Å²) in [5.74, 6) is 1.59. The van der Waals surface area contributed by atoms with Gasteiger partial charge in [0.25, 0.3) is 0 Å². The number of nitrogens with zero attached hydrogens (tertiary/aromatic N) is 2. The Morgan fingerprint density at radius 2 is 2.24 bits per heavy atom. The van der Waals surface area contributed by atoms with Crippen molar-refractivity contribution in [2.24, 2.45) is 5.92 Å². The lowest BCUT2D eigenvalue weighted by atomic mass is 9.85. The van der Waals surface area contributed by atoms with Crippen LogP contribution in [0.1, 0.15) is 42.5 Å². The number of hydrogen-bond acceptors (Lipinski definition) is 3. The Morgan fingerprint density at radius 1 is 1.35 bits per heavy atom. The van der Waals surface area contributed by atoms with E-state index in [0.29, 0.717) is 5.56 Å². The van der Waals surface area contributed by atoms with Crippen LogP contribution in [-0.4, -0.2) is 11.5 Å². The van der Waals surface area contributed by atoms with Crippen LogP contribution in [0.15, 0.2) is 6.07 Å². The number of fused-ring (bicyclic) bond motifs is 1. The molecule has 1 aromatic rings. The van der Waals surface area contributed by atoms with Crippen LogP contribution >= 0.6 is 0 Å². The zero-order valence-electron chi connectivity index (χ0n) is 10.00. The van der Waals surface area contributed by atoms with Crippen molar-refractivity contribution in [3.05, 3.63) is 22.9 Å². The van der Waals surface area contributed by atoms with Crippen LogP contribution in [0.4, 0.5) is 5.82 Å². The quantitative estimate of drug-likeness (QED) is 0.863. The van der Waals surface area contributed by atoms with E-state index < -0.39 is 0 Å². The Hall–Kier alpha value is -1.56. The topological polar surface area (TPSA) is 48.7 Å². The van der Waals surface area contributed by atoms with E-state index >= 15 is 0 Å². The second-order valence-corrected chi connectivity index (χ2v) is 5.13. The molecule has 3 rings (SSSR count). The van der Waals surface area contributed by atoms with E-state index in [1.807, 2.05) is 6.07 Å². The highest BCUT2D eigenvalue weighted by Gasteiger charge is 2.19. The molecule has 0 bridgehead atoms. The fourth-order valence-electron chi connectivity index (χ4n) is 2.63. The molecule has 0 aliphatic heterocycles. The normalized spacial score (nSPS) is 18.3. The highest BCUT2D eigenvalue weighted by Crippen LogP contribution is 2.28. The van der Waals surface area contributed by atoms with Crippen LogP contribution < -0.4 is 5.32 Å². The van der Waals surface area contributed by atoms with Crippen molar-refractivity contribution >= 4 is 5.82 Å².